The molecular weight excluding hydrogens is 479 g/mol. The van der Waals surface area contributed by atoms with Crippen LogP contribution in [0.2, 0.25) is 0 Å². The van der Waals surface area contributed by atoms with Crippen LogP contribution in [0.5, 0.6) is 11.5 Å². The van der Waals surface area contributed by atoms with E-state index in [0.29, 0.717) is 11.4 Å². The molecule has 10 heteroatoms. The van der Waals surface area contributed by atoms with Gasteiger partial charge in [0.2, 0.25) is 0 Å². The van der Waals surface area contributed by atoms with Crippen LogP contribution in [0.4, 0.5) is 11.4 Å². The summed E-state index contributed by atoms with van der Waals surface area (Å²) in [5, 5.41) is 5.50. The van der Waals surface area contributed by atoms with Gasteiger partial charge in [-0.25, -0.2) is 0 Å². The van der Waals surface area contributed by atoms with Crippen molar-refractivity contribution in [3.63, 3.8) is 0 Å². The van der Waals surface area contributed by atoms with Gasteiger partial charge >= 0.3 is 7.12 Å². The Labute approximate surface area is 195 Å². The van der Waals surface area contributed by atoms with Gasteiger partial charge in [-0.3, -0.25) is 9.59 Å². The van der Waals surface area contributed by atoms with E-state index in [9.17, 15) is 9.59 Å². The summed E-state index contributed by atoms with van der Waals surface area (Å²) in [5.41, 5.74) is 1.49. The Kier molecular flexibility index (Phi) is 5.95. The van der Waals surface area contributed by atoms with Crippen molar-refractivity contribution < 1.29 is 28.4 Å². The van der Waals surface area contributed by atoms with Gasteiger partial charge in [-0.1, -0.05) is 22.0 Å². The standard InChI is InChI=1S/C14H18BNO4.C8H6BrNO2/c1-13(2)14(3,4)20-15(19-13)9-5-6-11-10(7-9)16-12(17)8-18-11;9-5-1-2-7-6(3-5)10-8(11)4-12-7/h5-7H,8H2,1-4H3,(H,16,17);1-3H,4H2,(H,10,11). The van der Waals surface area contributed by atoms with Crippen LogP contribution in [-0.4, -0.2) is 43.3 Å². The van der Waals surface area contributed by atoms with Crippen LogP contribution in [0.25, 0.3) is 0 Å². The molecule has 0 aliphatic carbocycles. The minimum absolute atomic E-state index is 0.0584. The van der Waals surface area contributed by atoms with Gasteiger partial charge in [-0.2, -0.15) is 0 Å². The predicted molar refractivity (Wildman–Crippen MR) is 125 cm³/mol. The second kappa shape index (κ2) is 8.42. The second-order valence-electron chi connectivity index (χ2n) is 8.66. The molecule has 2 aromatic carbocycles. The SMILES string of the molecule is CC1(C)OB(c2ccc3c(c2)NC(=O)CO3)OC1(C)C.O=C1COc2ccc(Br)cc2N1. The zero-order chi connectivity index (χ0) is 23.1. The van der Waals surface area contributed by atoms with Crippen LogP contribution in [0, 0.1) is 0 Å². The minimum Gasteiger partial charge on any atom is -0.482 e. The van der Waals surface area contributed by atoms with E-state index in [1.54, 1.807) is 0 Å². The highest BCUT2D eigenvalue weighted by molar-refractivity contribution is 9.10. The number of fused-ring (bicyclic) bond motifs is 2. The summed E-state index contributed by atoms with van der Waals surface area (Å²) >= 11 is 3.30. The fourth-order valence-electron chi connectivity index (χ4n) is 3.28. The van der Waals surface area contributed by atoms with Crippen molar-refractivity contribution in [2.75, 3.05) is 23.8 Å². The smallest absolute Gasteiger partial charge is 0.482 e. The summed E-state index contributed by atoms with van der Waals surface area (Å²) in [7, 11) is -0.441. The third kappa shape index (κ3) is 4.62. The highest BCUT2D eigenvalue weighted by Gasteiger charge is 2.51. The molecule has 3 aliphatic heterocycles. The first-order valence-corrected chi connectivity index (χ1v) is 11.0. The first-order chi connectivity index (χ1) is 15.0. The van der Waals surface area contributed by atoms with E-state index < -0.39 is 7.12 Å². The average Bonchev–Trinajstić information content (AvgIpc) is 2.94. The lowest BCUT2D eigenvalue weighted by atomic mass is 9.79. The van der Waals surface area contributed by atoms with Crippen molar-refractivity contribution in [1.29, 1.82) is 0 Å². The molecule has 0 spiro atoms. The average molecular weight is 503 g/mol. The largest absolute Gasteiger partial charge is 0.494 e. The molecule has 0 radical (unpaired) electrons. The minimum atomic E-state index is -0.441. The van der Waals surface area contributed by atoms with E-state index in [4.69, 9.17) is 18.8 Å². The number of hydrogen-bond acceptors (Lipinski definition) is 6. The number of ether oxygens (including phenoxy) is 2. The van der Waals surface area contributed by atoms with Gasteiger partial charge in [0.25, 0.3) is 11.8 Å². The molecule has 0 unspecified atom stereocenters. The van der Waals surface area contributed by atoms with Crippen molar-refractivity contribution in [2.24, 2.45) is 0 Å². The Morgan fingerprint density at radius 3 is 1.88 bits per heavy atom. The van der Waals surface area contributed by atoms with Crippen LogP contribution in [0.3, 0.4) is 0 Å². The molecule has 2 aromatic rings. The van der Waals surface area contributed by atoms with E-state index in [1.807, 2.05) is 64.1 Å². The second-order valence-corrected chi connectivity index (χ2v) is 9.57. The maximum absolute atomic E-state index is 11.4. The number of halogens is 1. The predicted octanol–water partition coefficient (Wildman–Crippen LogP) is 3.10. The Hall–Kier alpha value is -2.56. The van der Waals surface area contributed by atoms with Crippen LogP contribution in [0.15, 0.2) is 40.9 Å². The molecule has 32 heavy (non-hydrogen) atoms. The molecular formula is C22H24BBrN2O6. The van der Waals surface area contributed by atoms with Crippen molar-refractivity contribution >= 4 is 51.7 Å². The summed E-state index contributed by atoms with van der Waals surface area (Å²) in [5.74, 6) is 1.13. The molecule has 0 saturated carbocycles. The van der Waals surface area contributed by atoms with Crippen LogP contribution in [-0.2, 0) is 18.9 Å². The molecule has 3 heterocycles. The molecule has 3 aliphatic rings. The molecule has 5 rings (SSSR count). The fourth-order valence-corrected chi connectivity index (χ4v) is 3.64. The Morgan fingerprint density at radius 2 is 1.31 bits per heavy atom. The van der Waals surface area contributed by atoms with Crippen LogP contribution >= 0.6 is 15.9 Å². The topological polar surface area (TPSA) is 95.1 Å². The number of carbonyl (C=O) groups excluding carboxylic acids is 2. The van der Waals surface area contributed by atoms with Crippen LogP contribution in [0.1, 0.15) is 27.7 Å². The third-order valence-electron chi connectivity index (χ3n) is 5.74. The maximum Gasteiger partial charge on any atom is 0.494 e. The summed E-state index contributed by atoms with van der Waals surface area (Å²) in [6.07, 6.45) is 0. The fraction of sp³-hybridized carbons (Fsp3) is 0.364. The first kappa shape index (κ1) is 22.6. The highest BCUT2D eigenvalue weighted by atomic mass is 79.9. The van der Waals surface area contributed by atoms with Gasteiger partial charge in [0.05, 0.1) is 22.6 Å². The van der Waals surface area contributed by atoms with E-state index in [0.717, 1.165) is 21.4 Å². The number of benzene rings is 2. The Balaban J connectivity index is 0.000000174. The number of hydrogen-bond donors (Lipinski definition) is 2. The van der Waals surface area contributed by atoms with Gasteiger partial charge in [-0.15, -0.1) is 0 Å². The highest BCUT2D eigenvalue weighted by Crippen LogP contribution is 2.37. The van der Waals surface area contributed by atoms with Crippen molar-refractivity contribution in [3.8, 4) is 11.5 Å². The molecule has 1 saturated heterocycles. The summed E-state index contributed by atoms with van der Waals surface area (Å²) in [4.78, 5) is 22.3. The van der Waals surface area contributed by atoms with Gasteiger partial charge in [-0.05, 0) is 63.5 Å². The van der Waals surface area contributed by atoms with E-state index in [-0.39, 0.29) is 36.2 Å². The molecule has 168 valence electrons. The van der Waals surface area contributed by atoms with Gasteiger partial charge in [0, 0.05) is 4.47 Å². The van der Waals surface area contributed by atoms with Crippen molar-refractivity contribution in [1.82, 2.24) is 0 Å². The Bertz CT molecular complexity index is 1060. The number of nitrogens with one attached hydrogen (secondary N) is 2. The summed E-state index contributed by atoms with van der Waals surface area (Å²) < 4.78 is 23.4. The first-order valence-electron chi connectivity index (χ1n) is 10.2. The molecule has 2 amide bonds. The maximum atomic E-state index is 11.4. The van der Waals surface area contributed by atoms with Gasteiger partial charge in [0.15, 0.2) is 13.2 Å². The Morgan fingerprint density at radius 1 is 0.812 bits per heavy atom. The monoisotopic (exact) mass is 502 g/mol. The lowest BCUT2D eigenvalue weighted by Crippen LogP contribution is -2.41. The molecule has 8 nitrogen and oxygen atoms in total. The lowest BCUT2D eigenvalue weighted by molar-refractivity contribution is -0.119. The zero-order valence-corrected chi connectivity index (χ0v) is 19.9. The quantitative estimate of drug-likeness (QED) is 0.582. The normalized spacial score (nSPS) is 19.8. The van der Waals surface area contributed by atoms with Crippen molar-refractivity contribution in [2.45, 2.75) is 38.9 Å². The van der Waals surface area contributed by atoms with E-state index in [1.165, 1.54) is 0 Å². The third-order valence-corrected chi connectivity index (χ3v) is 6.23. The van der Waals surface area contributed by atoms with Gasteiger partial charge in [0.1, 0.15) is 11.5 Å². The number of anilines is 2. The number of amides is 2. The number of rotatable bonds is 1. The zero-order valence-electron chi connectivity index (χ0n) is 18.3. The van der Waals surface area contributed by atoms with Gasteiger partial charge < -0.3 is 29.4 Å². The molecule has 0 atom stereocenters. The molecule has 1 fully saturated rings. The van der Waals surface area contributed by atoms with Crippen LogP contribution < -0.4 is 25.6 Å². The van der Waals surface area contributed by atoms with E-state index in [2.05, 4.69) is 26.6 Å². The molecule has 0 bridgehead atoms. The number of carbonyl (C=O) groups is 2. The molecule has 0 aromatic heterocycles. The summed E-state index contributed by atoms with van der Waals surface area (Å²) in [6, 6.07) is 11.1. The summed E-state index contributed by atoms with van der Waals surface area (Å²) in [6.45, 7) is 8.21. The lowest BCUT2D eigenvalue weighted by Gasteiger charge is -2.32. The molecule has 2 N–H and O–H groups in total. The van der Waals surface area contributed by atoms with E-state index >= 15 is 0 Å². The van der Waals surface area contributed by atoms with Crippen molar-refractivity contribution in [3.05, 3.63) is 40.9 Å².